The summed E-state index contributed by atoms with van der Waals surface area (Å²) in [5, 5.41) is 8.22. The largest absolute Gasteiger partial charge is 0.306 e. The minimum Gasteiger partial charge on any atom is -0.306 e. The number of hydrogen-bond acceptors (Lipinski definition) is 3. The van der Waals surface area contributed by atoms with E-state index in [4.69, 9.17) is 23.2 Å². The summed E-state index contributed by atoms with van der Waals surface area (Å²) < 4.78 is 1.51. The second-order valence-corrected chi connectivity index (χ2v) is 8.17. The van der Waals surface area contributed by atoms with Gasteiger partial charge >= 0.3 is 0 Å². The van der Waals surface area contributed by atoms with Gasteiger partial charge in [0.15, 0.2) is 0 Å². The molecule has 1 N–H and O–H groups in total. The summed E-state index contributed by atoms with van der Waals surface area (Å²) in [6.07, 6.45) is 0. The van der Waals surface area contributed by atoms with Crippen molar-refractivity contribution in [1.29, 1.82) is 0 Å². The molecule has 0 aliphatic heterocycles. The highest BCUT2D eigenvalue weighted by Crippen LogP contribution is 2.32. The van der Waals surface area contributed by atoms with Crippen LogP contribution in [-0.4, -0.2) is 15.7 Å². The predicted octanol–water partition coefficient (Wildman–Crippen LogP) is 6.08. The van der Waals surface area contributed by atoms with E-state index >= 15 is 0 Å². The van der Waals surface area contributed by atoms with Crippen molar-refractivity contribution in [2.24, 2.45) is 0 Å². The average molecular weight is 464 g/mol. The van der Waals surface area contributed by atoms with Crippen LogP contribution in [0.3, 0.4) is 0 Å². The first-order valence-electron chi connectivity index (χ1n) is 9.88. The van der Waals surface area contributed by atoms with Crippen molar-refractivity contribution in [3.8, 4) is 16.8 Å². The number of nitrogens with zero attached hydrogens (tertiary/aromatic N) is 2. The van der Waals surface area contributed by atoms with Crippen LogP contribution in [-0.2, 0) is 0 Å². The number of amides is 1. The van der Waals surface area contributed by atoms with Crippen LogP contribution < -0.4 is 10.7 Å². The van der Waals surface area contributed by atoms with E-state index in [0.29, 0.717) is 26.9 Å². The minimum absolute atomic E-state index is 0.210. The number of nitrogens with one attached hydrogen (secondary N) is 1. The Kier molecular flexibility index (Phi) is 6.12. The number of rotatable bonds is 4. The Bertz CT molecular complexity index is 1380. The monoisotopic (exact) mass is 463 g/mol. The van der Waals surface area contributed by atoms with E-state index in [1.165, 1.54) is 4.68 Å². The second-order valence-electron chi connectivity index (χ2n) is 7.33. The van der Waals surface area contributed by atoms with Crippen molar-refractivity contribution in [1.82, 2.24) is 9.78 Å². The van der Waals surface area contributed by atoms with E-state index in [-0.39, 0.29) is 28.4 Å². The van der Waals surface area contributed by atoms with Crippen molar-refractivity contribution in [2.75, 3.05) is 5.32 Å². The topological polar surface area (TPSA) is 64.0 Å². The molecule has 0 spiro atoms. The maximum Gasteiger partial charge on any atom is 0.256 e. The number of carbonyl (C=O) groups excluding carboxylic acids is 1. The molecule has 0 aliphatic carbocycles. The van der Waals surface area contributed by atoms with Crippen LogP contribution >= 0.6 is 23.2 Å². The molecule has 0 saturated carbocycles. The van der Waals surface area contributed by atoms with E-state index < -0.39 is 0 Å². The standard InChI is InChI=1S/C25H19Cl2N3O2/c1-15-10-12-17(13-11-15)25(32)28-24-22(20-8-3-4-9-21(20)27)23(31)16(2)29-30(24)19-7-5-6-18(26)14-19/h3-14H,1-2H3,(H,28,32). The fourth-order valence-corrected chi connectivity index (χ4v) is 3.76. The lowest BCUT2D eigenvalue weighted by molar-refractivity contribution is 0.102. The second kappa shape index (κ2) is 8.99. The molecule has 0 aliphatic rings. The van der Waals surface area contributed by atoms with Crippen molar-refractivity contribution >= 4 is 34.9 Å². The predicted molar refractivity (Wildman–Crippen MR) is 129 cm³/mol. The lowest BCUT2D eigenvalue weighted by Crippen LogP contribution is -2.25. The summed E-state index contributed by atoms with van der Waals surface area (Å²) in [5.41, 5.74) is 2.76. The lowest BCUT2D eigenvalue weighted by atomic mass is 10.0. The van der Waals surface area contributed by atoms with Gasteiger partial charge in [0.1, 0.15) is 11.5 Å². The van der Waals surface area contributed by atoms with Gasteiger partial charge in [-0.25, -0.2) is 4.68 Å². The number of anilines is 1. The van der Waals surface area contributed by atoms with Crippen molar-refractivity contribution in [3.05, 3.63) is 110 Å². The van der Waals surface area contributed by atoms with Crippen LogP contribution in [0, 0.1) is 13.8 Å². The third-order valence-corrected chi connectivity index (χ3v) is 5.56. The van der Waals surface area contributed by atoms with Crippen LogP contribution in [0.2, 0.25) is 10.0 Å². The number of benzene rings is 3. The highest BCUT2D eigenvalue weighted by Gasteiger charge is 2.22. The first-order valence-corrected chi connectivity index (χ1v) is 10.6. The van der Waals surface area contributed by atoms with Gasteiger partial charge < -0.3 is 5.32 Å². The van der Waals surface area contributed by atoms with Crippen LogP contribution in [0.4, 0.5) is 5.82 Å². The number of aromatic nitrogens is 2. The third kappa shape index (κ3) is 4.31. The van der Waals surface area contributed by atoms with Crippen LogP contribution in [0.1, 0.15) is 21.6 Å². The van der Waals surface area contributed by atoms with Gasteiger partial charge in [-0.3, -0.25) is 9.59 Å². The highest BCUT2D eigenvalue weighted by atomic mass is 35.5. The fourth-order valence-electron chi connectivity index (χ4n) is 3.35. The highest BCUT2D eigenvalue weighted by molar-refractivity contribution is 6.33. The fraction of sp³-hybridized carbons (Fsp3) is 0.0800. The average Bonchev–Trinajstić information content (AvgIpc) is 2.77. The number of carbonyl (C=O) groups is 1. The molecule has 160 valence electrons. The molecule has 0 atom stereocenters. The summed E-state index contributed by atoms with van der Waals surface area (Å²) in [4.78, 5) is 26.4. The van der Waals surface area contributed by atoms with E-state index in [1.807, 2.05) is 19.1 Å². The normalized spacial score (nSPS) is 10.8. The molecule has 1 aromatic heterocycles. The summed E-state index contributed by atoms with van der Waals surface area (Å²) >= 11 is 12.7. The zero-order valence-electron chi connectivity index (χ0n) is 17.4. The van der Waals surface area contributed by atoms with Crippen molar-refractivity contribution in [2.45, 2.75) is 13.8 Å². The Morgan fingerprint density at radius 3 is 2.34 bits per heavy atom. The quantitative estimate of drug-likeness (QED) is 0.399. The van der Waals surface area contributed by atoms with Gasteiger partial charge in [-0.2, -0.15) is 5.10 Å². The van der Waals surface area contributed by atoms with E-state index in [9.17, 15) is 9.59 Å². The minimum atomic E-state index is -0.376. The smallest absolute Gasteiger partial charge is 0.256 e. The zero-order chi connectivity index (χ0) is 22.8. The Morgan fingerprint density at radius 1 is 0.938 bits per heavy atom. The molecule has 0 bridgehead atoms. The molecule has 0 fully saturated rings. The van der Waals surface area contributed by atoms with Gasteiger partial charge in [0, 0.05) is 21.2 Å². The first kappa shape index (κ1) is 21.8. The molecule has 32 heavy (non-hydrogen) atoms. The maximum absolute atomic E-state index is 13.2. The Balaban J connectivity index is 1.98. The van der Waals surface area contributed by atoms with Gasteiger partial charge in [0.25, 0.3) is 5.91 Å². The molecule has 0 saturated heterocycles. The van der Waals surface area contributed by atoms with Gasteiger partial charge in [-0.15, -0.1) is 0 Å². The van der Waals surface area contributed by atoms with Crippen molar-refractivity contribution in [3.63, 3.8) is 0 Å². The summed E-state index contributed by atoms with van der Waals surface area (Å²) in [6, 6.07) is 21.1. The summed E-state index contributed by atoms with van der Waals surface area (Å²) in [5.74, 6) is -0.166. The molecule has 0 unspecified atom stereocenters. The van der Waals surface area contributed by atoms with Crippen LogP contribution in [0.5, 0.6) is 0 Å². The molecular formula is C25H19Cl2N3O2. The van der Waals surface area contributed by atoms with Crippen LogP contribution in [0.15, 0.2) is 77.6 Å². The van der Waals surface area contributed by atoms with Gasteiger partial charge in [-0.05, 0) is 50.2 Å². The van der Waals surface area contributed by atoms with E-state index in [0.717, 1.165) is 5.56 Å². The SMILES string of the molecule is Cc1ccc(C(=O)Nc2c(-c3ccccc3Cl)c(=O)c(C)nn2-c2cccc(Cl)c2)cc1. The molecule has 5 nitrogen and oxygen atoms in total. The Morgan fingerprint density at radius 2 is 1.66 bits per heavy atom. The number of hydrogen-bond donors (Lipinski definition) is 1. The Labute approximate surface area is 195 Å². The van der Waals surface area contributed by atoms with Gasteiger partial charge in [-0.1, -0.05) is 65.2 Å². The van der Waals surface area contributed by atoms with E-state index in [1.54, 1.807) is 67.6 Å². The van der Waals surface area contributed by atoms with Crippen molar-refractivity contribution < 1.29 is 4.79 Å². The summed E-state index contributed by atoms with van der Waals surface area (Å²) in [7, 11) is 0. The molecule has 1 heterocycles. The number of halogens is 2. The van der Waals surface area contributed by atoms with Gasteiger partial charge in [0.05, 0.1) is 11.3 Å². The molecule has 4 rings (SSSR count). The zero-order valence-corrected chi connectivity index (χ0v) is 18.9. The molecular weight excluding hydrogens is 445 g/mol. The lowest BCUT2D eigenvalue weighted by Gasteiger charge is -2.19. The Hall–Kier alpha value is -3.41. The number of aryl methyl sites for hydroxylation is 2. The van der Waals surface area contributed by atoms with Crippen LogP contribution in [0.25, 0.3) is 16.8 Å². The molecule has 7 heteroatoms. The summed E-state index contributed by atoms with van der Waals surface area (Å²) in [6.45, 7) is 3.56. The molecule has 0 radical (unpaired) electrons. The molecule has 3 aromatic carbocycles. The molecule has 4 aromatic rings. The van der Waals surface area contributed by atoms with E-state index in [2.05, 4.69) is 10.4 Å². The third-order valence-electron chi connectivity index (χ3n) is 5.00. The first-order chi connectivity index (χ1) is 15.3. The maximum atomic E-state index is 13.2. The van der Waals surface area contributed by atoms with Gasteiger partial charge in [0.2, 0.25) is 5.43 Å². The molecule has 1 amide bonds.